The van der Waals surface area contributed by atoms with Crippen LogP contribution in [0.1, 0.15) is 54.0 Å². The maximum Gasteiger partial charge on any atom is 0.419 e. The van der Waals surface area contributed by atoms with Gasteiger partial charge in [0.25, 0.3) is 0 Å². The predicted octanol–water partition coefficient (Wildman–Crippen LogP) is 6.01. The molecular weight excluding hydrogens is 486 g/mol. The van der Waals surface area contributed by atoms with Crippen LogP contribution in [0.15, 0.2) is 38.9 Å². The van der Waals surface area contributed by atoms with E-state index in [0.29, 0.717) is 36.0 Å². The molecule has 2 heterocycles. The lowest BCUT2D eigenvalue weighted by Gasteiger charge is -2.28. The molecule has 3 rings (SSSR count). The number of hydrogen-bond donors (Lipinski definition) is 0. The monoisotopic (exact) mass is 519 g/mol. The highest BCUT2D eigenvalue weighted by Crippen LogP contribution is 2.33. The van der Waals surface area contributed by atoms with Crippen LogP contribution in [-0.4, -0.2) is 53.4 Å². The van der Waals surface area contributed by atoms with Crippen molar-refractivity contribution >= 4 is 44.7 Å². The summed E-state index contributed by atoms with van der Waals surface area (Å²) in [5, 5.41) is 0.949. The molecule has 0 fully saturated rings. The number of hydrogen-bond acceptors (Lipinski definition) is 6. The van der Waals surface area contributed by atoms with Gasteiger partial charge in [0.2, 0.25) is 11.8 Å². The maximum absolute atomic E-state index is 13.0. The number of aliphatic imine (C=N–C) groups is 2. The van der Waals surface area contributed by atoms with E-state index in [1.807, 2.05) is 58.9 Å². The summed E-state index contributed by atoms with van der Waals surface area (Å²) in [4.78, 5) is 22.8. The van der Waals surface area contributed by atoms with E-state index >= 15 is 0 Å². The zero-order valence-electron chi connectivity index (χ0n) is 20.5. The van der Waals surface area contributed by atoms with Crippen LogP contribution in [-0.2, 0) is 20.6 Å². The molecule has 7 nitrogen and oxygen atoms in total. The van der Waals surface area contributed by atoms with Gasteiger partial charge in [-0.1, -0.05) is 32.0 Å². The smallest absolute Gasteiger partial charge is 0.419 e. The van der Waals surface area contributed by atoms with Gasteiger partial charge < -0.3 is 14.2 Å². The van der Waals surface area contributed by atoms with Crippen molar-refractivity contribution in [3.8, 4) is 0 Å². The van der Waals surface area contributed by atoms with E-state index in [2.05, 4.69) is 29.8 Å². The molecule has 2 atom stereocenters. The summed E-state index contributed by atoms with van der Waals surface area (Å²) in [5.74, 6) is 1.46. The molecule has 0 radical (unpaired) electrons. The van der Waals surface area contributed by atoms with Crippen molar-refractivity contribution in [2.45, 2.75) is 72.6 Å². The molecule has 8 heteroatoms. The first-order valence-electron chi connectivity index (χ1n) is 11.5. The molecule has 1 aromatic carbocycles. The van der Waals surface area contributed by atoms with Crippen molar-refractivity contribution in [2.75, 3.05) is 13.2 Å². The molecule has 1 unspecified atom stereocenters. The zero-order chi connectivity index (χ0) is 24.3. The highest BCUT2D eigenvalue weighted by molar-refractivity contribution is 9.10. The third-order valence-electron chi connectivity index (χ3n) is 5.19. The van der Waals surface area contributed by atoms with Crippen molar-refractivity contribution in [3.05, 3.63) is 34.4 Å². The molecule has 0 aliphatic carbocycles. The summed E-state index contributed by atoms with van der Waals surface area (Å²) in [5.41, 5.74) is 1.10. The van der Waals surface area contributed by atoms with E-state index in [9.17, 15) is 4.79 Å². The number of halogens is 1. The number of para-hydroxylation sites is 1. The van der Waals surface area contributed by atoms with Crippen molar-refractivity contribution < 1.29 is 19.0 Å². The van der Waals surface area contributed by atoms with Crippen LogP contribution >= 0.6 is 15.9 Å². The molecule has 0 spiro atoms. The first kappa shape index (κ1) is 25.3. The first-order valence-corrected chi connectivity index (χ1v) is 12.3. The summed E-state index contributed by atoms with van der Waals surface area (Å²) in [6.07, 6.45) is 0.0643. The predicted molar refractivity (Wildman–Crippen MR) is 136 cm³/mol. The molecule has 0 amide bonds. The second-order valence-corrected chi connectivity index (χ2v) is 10.1. The normalized spacial score (nSPS) is 18.8. The first-order chi connectivity index (χ1) is 15.6. The van der Waals surface area contributed by atoms with Crippen LogP contribution in [0.2, 0.25) is 0 Å². The quantitative estimate of drug-likeness (QED) is 0.484. The molecule has 2 aromatic rings. The molecule has 33 heavy (non-hydrogen) atoms. The van der Waals surface area contributed by atoms with E-state index in [4.69, 9.17) is 24.2 Å². The molecule has 180 valence electrons. The van der Waals surface area contributed by atoms with Gasteiger partial charge in [-0.05, 0) is 68.1 Å². The fourth-order valence-corrected chi connectivity index (χ4v) is 4.54. The van der Waals surface area contributed by atoms with Gasteiger partial charge in [0.15, 0.2) is 0 Å². The van der Waals surface area contributed by atoms with Gasteiger partial charge >= 0.3 is 6.09 Å². The van der Waals surface area contributed by atoms with E-state index < -0.39 is 11.7 Å². The number of carbonyl (C=O) groups excluding carboxylic acids is 1. The van der Waals surface area contributed by atoms with E-state index in [-0.39, 0.29) is 18.0 Å². The van der Waals surface area contributed by atoms with Gasteiger partial charge in [-0.25, -0.2) is 19.3 Å². The van der Waals surface area contributed by atoms with Gasteiger partial charge in [-0.2, -0.15) is 0 Å². The minimum atomic E-state index is -0.608. The van der Waals surface area contributed by atoms with Crippen LogP contribution in [0.25, 0.3) is 10.9 Å². The largest absolute Gasteiger partial charge is 0.480 e. The molecule has 1 aliphatic rings. The number of rotatable bonds is 5. The average Bonchev–Trinajstić information content (AvgIpc) is 3.00. The number of fused-ring (bicyclic) bond motifs is 1. The van der Waals surface area contributed by atoms with Crippen LogP contribution in [0.5, 0.6) is 0 Å². The zero-order valence-corrected chi connectivity index (χ0v) is 22.1. The third-order valence-corrected chi connectivity index (χ3v) is 6.03. The molecule has 0 bridgehead atoms. The van der Waals surface area contributed by atoms with Crippen LogP contribution < -0.4 is 0 Å². The van der Waals surface area contributed by atoms with E-state index in [0.717, 1.165) is 16.5 Å². The Morgan fingerprint density at radius 2 is 1.73 bits per heavy atom. The lowest BCUT2D eigenvalue weighted by molar-refractivity contribution is 0.0541. The number of nitrogens with zero attached hydrogens (tertiary/aromatic N) is 3. The summed E-state index contributed by atoms with van der Waals surface area (Å²) in [6.45, 7) is 14.7. The van der Waals surface area contributed by atoms with Crippen LogP contribution in [0, 0.1) is 5.92 Å². The Morgan fingerprint density at radius 1 is 1.09 bits per heavy atom. The van der Waals surface area contributed by atoms with Crippen molar-refractivity contribution in [2.24, 2.45) is 15.9 Å². The molecular formula is C25H34BrN3O4. The number of benzene rings is 1. The van der Waals surface area contributed by atoms with Crippen LogP contribution in [0.3, 0.4) is 0 Å². The Kier molecular flexibility index (Phi) is 7.88. The lowest BCUT2D eigenvalue weighted by atomic mass is 10.00. The maximum atomic E-state index is 13.0. The van der Waals surface area contributed by atoms with Crippen molar-refractivity contribution in [3.63, 3.8) is 0 Å². The van der Waals surface area contributed by atoms with Crippen LogP contribution in [0.4, 0.5) is 4.79 Å². The van der Waals surface area contributed by atoms with Gasteiger partial charge in [0.1, 0.15) is 17.7 Å². The second-order valence-electron chi connectivity index (χ2n) is 9.31. The lowest BCUT2D eigenvalue weighted by Crippen LogP contribution is -2.39. The minimum Gasteiger partial charge on any atom is -0.480 e. The number of ether oxygens (including phenoxy) is 3. The summed E-state index contributed by atoms with van der Waals surface area (Å²) in [6, 6.07) is 7.26. The minimum absolute atomic E-state index is 0.172. The Labute approximate surface area is 204 Å². The SMILES string of the molecule is CCOC1=N[C@H](C(C)C)C(OCC)=NC1Cc1c(Br)n(C(=O)OC(C)(C)C)c2ccccc12. The van der Waals surface area contributed by atoms with Gasteiger partial charge in [-0.3, -0.25) is 0 Å². The topological polar surface area (TPSA) is 74.4 Å². The Morgan fingerprint density at radius 3 is 2.33 bits per heavy atom. The fourth-order valence-electron chi connectivity index (χ4n) is 3.83. The summed E-state index contributed by atoms with van der Waals surface area (Å²) in [7, 11) is 0. The average molecular weight is 520 g/mol. The molecule has 0 N–H and O–H groups in total. The van der Waals surface area contributed by atoms with E-state index in [1.165, 1.54) is 0 Å². The number of aromatic nitrogens is 1. The Hall–Kier alpha value is -2.35. The summed E-state index contributed by atoms with van der Waals surface area (Å²) < 4.78 is 19.7. The van der Waals surface area contributed by atoms with Gasteiger partial charge in [-0.15, -0.1) is 0 Å². The molecule has 1 aromatic heterocycles. The van der Waals surface area contributed by atoms with Crippen molar-refractivity contribution in [1.82, 2.24) is 4.57 Å². The molecule has 0 saturated heterocycles. The van der Waals surface area contributed by atoms with Gasteiger partial charge in [0, 0.05) is 11.8 Å². The molecule has 1 aliphatic heterocycles. The highest BCUT2D eigenvalue weighted by atomic mass is 79.9. The third kappa shape index (κ3) is 5.60. The fraction of sp³-hybridized carbons (Fsp3) is 0.560. The highest BCUT2D eigenvalue weighted by Gasteiger charge is 2.33. The second kappa shape index (κ2) is 10.3. The molecule has 0 saturated carbocycles. The van der Waals surface area contributed by atoms with E-state index in [1.54, 1.807) is 4.57 Å². The number of carbonyl (C=O) groups is 1. The Bertz CT molecular complexity index is 1070. The van der Waals surface area contributed by atoms with Gasteiger partial charge in [0.05, 0.1) is 23.3 Å². The summed E-state index contributed by atoms with van der Waals surface area (Å²) >= 11 is 3.67. The van der Waals surface area contributed by atoms with Crippen molar-refractivity contribution in [1.29, 1.82) is 0 Å². The Balaban J connectivity index is 2.07. The standard InChI is InChI=1S/C25H34BrN3O4/c1-8-31-22-18(27-23(32-9-2)20(28-22)15(3)4)14-17-16-12-10-11-13-19(16)29(21(17)26)24(30)33-25(5,6)7/h10-13,15,18,20H,8-9,14H2,1-7H3/t18?,20-/m1/s1.